The first-order valence-corrected chi connectivity index (χ1v) is 6.94. The molecule has 0 aromatic heterocycles. The Morgan fingerprint density at radius 2 is 1.85 bits per heavy atom. The predicted octanol–water partition coefficient (Wildman–Crippen LogP) is 5.42. The molecule has 2 aromatic carbocycles. The molecule has 0 fully saturated rings. The third kappa shape index (κ3) is 2.94. The Bertz CT molecular complexity index is 665. The van der Waals surface area contributed by atoms with Crippen molar-refractivity contribution < 1.29 is 9.66 Å². The van der Waals surface area contributed by atoms with E-state index in [1.807, 2.05) is 13.8 Å². The molecule has 0 atom stereocenters. The van der Waals surface area contributed by atoms with E-state index >= 15 is 0 Å². The zero-order valence-corrected chi connectivity index (χ0v) is 13.2. The number of para-hydroxylation sites is 1. The van der Waals surface area contributed by atoms with E-state index in [4.69, 9.17) is 16.3 Å². The summed E-state index contributed by atoms with van der Waals surface area (Å²) in [6, 6.07) is 8.03. The van der Waals surface area contributed by atoms with Gasteiger partial charge in [-0.25, -0.2) is 0 Å². The van der Waals surface area contributed by atoms with Gasteiger partial charge in [0.1, 0.15) is 5.75 Å². The van der Waals surface area contributed by atoms with Gasteiger partial charge >= 0.3 is 5.69 Å². The van der Waals surface area contributed by atoms with Crippen LogP contribution in [0.4, 0.5) is 5.69 Å². The van der Waals surface area contributed by atoms with E-state index in [1.165, 1.54) is 12.1 Å². The zero-order valence-electron chi connectivity index (χ0n) is 10.8. The van der Waals surface area contributed by atoms with Crippen LogP contribution in [0.15, 0.2) is 34.8 Å². The van der Waals surface area contributed by atoms with Gasteiger partial charge in [0.05, 0.1) is 9.95 Å². The van der Waals surface area contributed by atoms with Crippen molar-refractivity contribution in [3.05, 3.63) is 61.1 Å². The van der Waals surface area contributed by atoms with E-state index in [0.717, 1.165) is 15.6 Å². The van der Waals surface area contributed by atoms with Gasteiger partial charge in [0.2, 0.25) is 5.75 Å². The Kier molecular flexibility index (Phi) is 4.30. The highest BCUT2D eigenvalue weighted by atomic mass is 79.9. The highest BCUT2D eigenvalue weighted by Crippen LogP contribution is 2.39. The molecule has 0 saturated heterocycles. The van der Waals surface area contributed by atoms with Crippen LogP contribution in [-0.4, -0.2) is 4.92 Å². The van der Waals surface area contributed by atoms with Crippen LogP contribution in [0.25, 0.3) is 0 Å². The van der Waals surface area contributed by atoms with Gasteiger partial charge in [0.25, 0.3) is 0 Å². The summed E-state index contributed by atoms with van der Waals surface area (Å²) in [7, 11) is 0. The van der Waals surface area contributed by atoms with Gasteiger partial charge in [-0.15, -0.1) is 0 Å². The summed E-state index contributed by atoms with van der Waals surface area (Å²) in [4.78, 5) is 10.5. The van der Waals surface area contributed by atoms with Crippen LogP contribution in [0.5, 0.6) is 11.5 Å². The number of nitrogens with zero attached hydrogens (tertiary/aromatic N) is 1. The Balaban J connectivity index is 2.47. The third-order valence-electron chi connectivity index (χ3n) is 2.77. The first-order chi connectivity index (χ1) is 9.40. The topological polar surface area (TPSA) is 52.4 Å². The normalized spacial score (nSPS) is 10.4. The minimum absolute atomic E-state index is 0.0558. The molecule has 0 bridgehead atoms. The van der Waals surface area contributed by atoms with E-state index in [0.29, 0.717) is 5.75 Å². The van der Waals surface area contributed by atoms with E-state index < -0.39 is 4.92 Å². The lowest BCUT2D eigenvalue weighted by atomic mass is 10.1. The summed E-state index contributed by atoms with van der Waals surface area (Å²) in [5, 5.41) is 11.2. The summed E-state index contributed by atoms with van der Waals surface area (Å²) >= 11 is 9.46. The molecule has 0 N–H and O–H groups in total. The molecule has 0 amide bonds. The van der Waals surface area contributed by atoms with Crippen molar-refractivity contribution in [1.82, 2.24) is 0 Å². The number of nitro benzene ring substituents is 1. The van der Waals surface area contributed by atoms with Crippen LogP contribution in [0.2, 0.25) is 5.02 Å². The lowest BCUT2D eigenvalue weighted by Gasteiger charge is -2.11. The molecule has 2 rings (SSSR count). The smallest absolute Gasteiger partial charge is 0.313 e. The highest BCUT2D eigenvalue weighted by molar-refractivity contribution is 9.10. The SMILES string of the molecule is Cc1cc(Oc2c(Cl)cccc2[N+](=O)[O-])cc(C)c1Br. The number of halogens is 2. The number of nitro groups is 1. The van der Waals surface area contributed by atoms with Crippen LogP contribution >= 0.6 is 27.5 Å². The second kappa shape index (κ2) is 5.81. The van der Waals surface area contributed by atoms with Gasteiger partial charge in [0.15, 0.2) is 0 Å². The van der Waals surface area contributed by atoms with Crippen LogP contribution in [0, 0.1) is 24.0 Å². The molecular formula is C14H11BrClNO3. The van der Waals surface area contributed by atoms with Gasteiger partial charge in [-0.3, -0.25) is 10.1 Å². The Morgan fingerprint density at radius 1 is 1.25 bits per heavy atom. The molecular weight excluding hydrogens is 346 g/mol. The summed E-state index contributed by atoms with van der Waals surface area (Å²) in [5.41, 5.74) is 1.81. The quantitative estimate of drug-likeness (QED) is 0.545. The van der Waals surface area contributed by atoms with Gasteiger partial charge < -0.3 is 4.74 Å². The van der Waals surface area contributed by atoms with E-state index in [9.17, 15) is 10.1 Å². The second-order valence-corrected chi connectivity index (χ2v) is 5.52. The zero-order chi connectivity index (χ0) is 14.9. The van der Waals surface area contributed by atoms with Crippen molar-refractivity contribution in [2.75, 3.05) is 0 Å². The number of rotatable bonds is 3. The average molecular weight is 357 g/mol. The summed E-state index contributed by atoms with van der Waals surface area (Å²) in [6.45, 7) is 3.84. The molecule has 0 saturated carbocycles. The van der Waals surface area contributed by atoms with Crippen LogP contribution in [-0.2, 0) is 0 Å². The molecule has 0 aliphatic rings. The summed E-state index contributed by atoms with van der Waals surface area (Å²) in [5.74, 6) is 0.569. The summed E-state index contributed by atoms with van der Waals surface area (Å²) < 4.78 is 6.61. The first-order valence-electron chi connectivity index (χ1n) is 5.77. The molecule has 4 nitrogen and oxygen atoms in total. The molecule has 104 valence electrons. The van der Waals surface area contributed by atoms with Gasteiger partial charge in [0, 0.05) is 10.5 Å². The molecule has 0 spiro atoms. The minimum Gasteiger partial charge on any atom is -0.449 e. The lowest BCUT2D eigenvalue weighted by Crippen LogP contribution is -1.95. The molecule has 0 radical (unpaired) electrons. The van der Waals surface area contributed by atoms with Crippen molar-refractivity contribution in [1.29, 1.82) is 0 Å². The summed E-state index contributed by atoms with van der Waals surface area (Å²) in [6.07, 6.45) is 0. The fourth-order valence-electron chi connectivity index (χ4n) is 1.83. The monoisotopic (exact) mass is 355 g/mol. The van der Waals surface area contributed by atoms with Crippen LogP contribution in [0.1, 0.15) is 11.1 Å². The second-order valence-electron chi connectivity index (χ2n) is 4.32. The largest absolute Gasteiger partial charge is 0.449 e. The number of hydrogen-bond donors (Lipinski definition) is 0. The standard InChI is InChI=1S/C14H11BrClNO3/c1-8-6-10(7-9(2)13(8)15)20-14-11(16)4-3-5-12(14)17(18)19/h3-7H,1-2H3. The van der Waals surface area contributed by atoms with Gasteiger partial charge in [-0.05, 0) is 43.2 Å². The number of ether oxygens (including phenoxy) is 1. The first kappa shape index (κ1) is 14.8. The number of hydrogen-bond acceptors (Lipinski definition) is 3. The number of aryl methyl sites for hydroxylation is 2. The lowest BCUT2D eigenvalue weighted by molar-refractivity contribution is -0.385. The predicted molar refractivity (Wildman–Crippen MR) is 81.8 cm³/mol. The minimum atomic E-state index is -0.514. The van der Waals surface area contributed by atoms with E-state index in [1.54, 1.807) is 18.2 Å². The van der Waals surface area contributed by atoms with Crippen molar-refractivity contribution in [2.24, 2.45) is 0 Å². The van der Waals surface area contributed by atoms with Gasteiger partial charge in [-0.1, -0.05) is 33.6 Å². The van der Waals surface area contributed by atoms with Crippen molar-refractivity contribution >= 4 is 33.2 Å². The molecule has 6 heteroatoms. The number of benzene rings is 2. The molecule has 0 aliphatic carbocycles. The van der Waals surface area contributed by atoms with Gasteiger partial charge in [-0.2, -0.15) is 0 Å². The average Bonchev–Trinajstić information content (AvgIpc) is 2.38. The fraction of sp³-hybridized carbons (Fsp3) is 0.143. The Labute approximate surface area is 129 Å². The maximum absolute atomic E-state index is 11.0. The molecule has 0 unspecified atom stereocenters. The Hall–Kier alpha value is -1.59. The molecule has 2 aromatic rings. The van der Waals surface area contributed by atoms with E-state index in [-0.39, 0.29) is 16.5 Å². The van der Waals surface area contributed by atoms with Crippen molar-refractivity contribution in [2.45, 2.75) is 13.8 Å². The third-order valence-corrected chi connectivity index (χ3v) is 4.32. The Morgan fingerprint density at radius 3 is 2.40 bits per heavy atom. The molecule has 20 heavy (non-hydrogen) atoms. The maximum atomic E-state index is 11.0. The molecule has 0 aliphatic heterocycles. The van der Waals surface area contributed by atoms with E-state index in [2.05, 4.69) is 15.9 Å². The highest BCUT2D eigenvalue weighted by Gasteiger charge is 2.19. The molecule has 0 heterocycles. The van der Waals surface area contributed by atoms with Crippen molar-refractivity contribution in [3.8, 4) is 11.5 Å². The maximum Gasteiger partial charge on any atom is 0.313 e. The van der Waals surface area contributed by atoms with Crippen LogP contribution < -0.4 is 4.74 Å². The van der Waals surface area contributed by atoms with Crippen LogP contribution in [0.3, 0.4) is 0 Å². The fourth-order valence-corrected chi connectivity index (χ4v) is 2.26. The van der Waals surface area contributed by atoms with Crippen molar-refractivity contribution in [3.63, 3.8) is 0 Å².